The Bertz CT molecular complexity index is 1380. The van der Waals surface area contributed by atoms with Gasteiger partial charge in [-0.1, -0.05) is 54.9 Å². The minimum Gasteiger partial charge on any atom is -0.497 e. The van der Waals surface area contributed by atoms with Gasteiger partial charge in [0.15, 0.2) is 0 Å². The van der Waals surface area contributed by atoms with Crippen LogP contribution in [0.25, 0.3) is 0 Å². The molecule has 3 rings (SSSR count). The first-order valence-electron chi connectivity index (χ1n) is 12.7. The molecule has 0 spiro atoms. The molecule has 0 fully saturated rings. The lowest BCUT2D eigenvalue weighted by Gasteiger charge is -2.33. The maximum Gasteiger partial charge on any atom is 0.264 e. The van der Waals surface area contributed by atoms with Crippen LogP contribution in [0.3, 0.4) is 0 Å². The smallest absolute Gasteiger partial charge is 0.264 e. The monoisotopic (exact) mass is 571 g/mol. The van der Waals surface area contributed by atoms with E-state index in [0.29, 0.717) is 29.3 Å². The van der Waals surface area contributed by atoms with Crippen molar-refractivity contribution in [2.45, 2.75) is 44.7 Å². The van der Waals surface area contributed by atoms with Crippen molar-refractivity contribution in [1.29, 1.82) is 0 Å². The van der Waals surface area contributed by atoms with E-state index in [2.05, 4.69) is 5.32 Å². The number of halogens is 1. The van der Waals surface area contributed by atoms with Crippen LogP contribution in [0.1, 0.15) is 31.4 Å². The Morgan fingerprint density at radius 1 is 0.974 bits per heavy atom. The molecule has 0 unspecified atom stereocenters. The lowest BCUT2D eigenvalue weighted by molar-refractivity contribution is -0.140. The van der Waals surface area contributed by atoms with Gasteiger partial charge >= 0.3 is 0 Å². The van der Waals surface area contributed by atoms with Crippen molar-refractivity contribution in [3.05, 3.63) is 88.9 Å². The Morgan fingerprint density at radius 2 is 1.64 bits per heavy atom. The lowest BCUT2D eigenvalue weighted by Crippen LogP contribution is -2.52. The second-order valence-corrected chi connectivity index (χ2v) is 11.2. The summed E-state index contributed by atoms with van der Waals surface area (Å²) in [5.74, 6) is -0.176. The molecule has 8 nitrogen and oxygen atoms in total. The number of likely N-dealkylation sites (N-methyl/N-ethyl adjacent to an activating group) is 1. The second kappa shape index (κ2) is 13.5. The number of nitrogens with one attached hydrogen (secondary N) is 1. The average molecular weight is 572 g/mol. The first-order valence-corrected chi connectivity index (χ1v) is 14.5. The Labute approximate surface area is 235 Å². The van der Waals surface area contributed by atoms with Crippen molar-refractivity contribution >= 4 is 39.1 Å². The predicted octanol–water partition coefficient (Wildman–Crippen LogP) is 4.80. The molecule has 1 N–H and O–H groups in total. The van der Waals surface area contributed by atoms with Crippen LogP contribution in [-0.2, 0) is 26.2 Å². The van der Waals surface area contributed by atoms with Crippen molar-refractivity contribution in [3.63, 3.8) is 0 Å². The number of nitrogens with zero attached hydrogens (tertiary/aromatic N) is 2. The maximum absolute atomic E-state index is 14.0. The molecular formula is C29H34ClN3O5S. The highest BCUT2D eigenvalue weighted by molar-refractivity contribution is 7.92. The molecule has 0 saturated carbocycles. The van der Waals surface area contributed by atoms with Gasteiger partial charge in [-0.2, -0.15) is 0 Å². The molecular weight excluding hydrogens is 538 g/mol. The Kier molecular flexibility index (Phi) is 10.4. The predicted molar refractivity (Wildman–Crippen MR) is 153 cm³/mol. The normalized spacial score (nSPS) is 11.9. The van der Waals surface area contributed by atoms with E-state index in [1.54, 1.807) is 69.5 Å². The van der Waals surface area contributed by atoms with Gasteiger partial charge in [-0.25, -0.2) is 8.42 Å². The summed E-state index contributed by atoms with van der Waals surface area (Å²) in [5, 5.41) is 3.16. The van der Waals surface area contributed by atoms with Crippen LogP contribution >= 0.6 is 11.6 Å². The average Bonchev–Trinajstić information content (AvgIpc) is 2.94. The van der Waals surface area contributed by atoms with Crippen LogP contribution in [0.2, 0.25) is 5.02 Å². The van der Waals surface area contributed by atoms with Gasteiger partial charge in [-0.15, -0.1) is 0 Å². The van der Waals surface area contributed by atoms with Crippen LogP contribution in [0.4, 0.5) is 5.69 Å². The quantitative estimate of drug-likeness (QED) is 0.337. The first kappa shape index (κ1) is 30.0. The van der Waals surface area contributed by atoms with Gasteiger partial charge in [0, 0.05) is 18.1 Å². The molecule has 0 heterocycles. The number of methoxy groups -OCH3 is 1. The van der Waals surface area contributed by atoms with E-state index >= 15 is 0 Å². The lowest BCUT2D eigenvalue weighted by atomic mass is 10.1. The number of hydrogen-bond acceptors (Lipinski definition) is 5. The summed E-state index contributed by atoms with van der Waals surface area (Å²) < 4.78 is 34.1. The number of rotatable bonds is 12. The van der Waals surface area contributed by atoms with E-state index in [0.717, 1.165) is 9.87 Å². The number of carbonyl (C=O) groups excluding carboxylic acids is 2. The fraction of sp³-hybridized carbons (Fsp3) is 0.310. The van der Waals surface area contributed by atoms with E-state index in [1.807, 2.05) is 19.1 Å². The molecule has 3 aromatic rings. The maximum atomic E-state index is 14.0. The van der Waals surface area contributed by atoms with Crippen molar-refractivity contribution in [1.82, 2.24) is 10.2 Å². The van der Waals surface area contributed by atoms with Gasteiger partial charge in [0.05, 0.1) is 17.7 Å². The van der Waals surface area contributed by atoms with E-state index in [4.69, 9.17) is 16.3 Å². The van der Waals surface area contributed by atoms with Crippen LogP contribution in [0, 0.1) is 6.92 Å². The summed E-state index contributed by atoms with van der Waals surface area (Å²) in [7, 11) is -2.59. The summed E-state index contributed by atoms with van der Waals surface area (Å²) in [5.41, 5.74) is 1.57. The molecule has 0 saturated heterocycles. The van der Waals surface area contributed by atoms with Gasteiger partial charge < -0.3 is 15.0 Å². The van der Waals surface area contributed by atoms with Crippen LogP contribution in [-0.4, -0.2) is 51.4 Å². The van der Waals surface area contributed by atoms with Crippen molar-refractivity contribution in [2.24, 2.45) is 0 Å². The highest BCUT2D eigenvalue weighted by atomic mass is 35.5. The number of hydrogen-bond donors (Lipinski definition) is 1. The van der Waals surface area contributed by atoms with Crippen molar-refractivity contribution in [3.8, 4) is 5.75 Å². The molecule has 0 aliphatic carbocycles. The molecule has 0 aromatic heterocycles. The zero-order valence-electron chi connectivity index (χ0n) is 22.6. The van der Waals surface area contributed by atoms with E-state index in [9.17, 15) is 18.0 Å². The summed E-state index contributed by atoms with van der Waals surface area (Å²) in [6.07, 6.45) is 0.343. The van der Waals surface area contributed by atoms with Gasteiger partial charge in [0.25, 0.3) is 10.0 Å². The molecule has 208 valence electrons. The molecule has 0 aliphatic rings. The molecule has 0 aliphatic heterocycles. The minimum atomic E-state index is -4.16. The fourth-order valence-electron chi connectivity index (χ4n) is 4.24. The zero-order valence-corrected chi connectivity index (χ0v) is 24.1. The third kappa shape index (κ3) is 7.10. The first-order chi connectivity index (χ1) is 18.6. The molecule has 0 radical (unpaired) electrons. The van der Waals surface area contributed by atoms with Gasteiger partial charge in [-0.05, 0) is 67.8 Å². The summed E-state index contributed by atoms with van der Waals surface area (Å²) in [6.45, 7) is 5.30. The number of anilines is 1. The zero-order chi connectivity index (χ0) is 28.6. The third-order valence-corrected chi connectivity index (χ3v) is 8.55. The number of sulfonamides is 1. The van der Waals surface area contributed by atoms with Crippen molar-refractivity contribution in [2.75, 3.05) is 24.5 Å². The van der Waals surface area contributed by atoms with Crippen LogP contribution in [0.5, 0.6) is 5.75 Å². The van der Waals surface area contributed by atoms with Crippen molar-refractivity contribution < 1.29 is 22.7 Å². The Morgan fingerprint density at radius 3 is 2.23 bits per heavy atom. The van der Waals surface area contributed by atoms with Crippen LogP contribution in [0.15, 0.2) is 77.7 Å². The second-order valence-electron chi connectivity index (χ2n) is 8.90. The fourth-order valence-corrected chi connectivity index (χ4v) is 5.90. The SMILES string of the molecule is CCNC(=O)[C@@H](CC)N(Cc1ccc(OC)cc1)C(=O)CN(c1cccc(Cl)c1C)S(=O)(=O)c1ccccc1. The Balaban J connectivity index is 2.08. The summed E-state index contributed by atoms with van der Waals surface area (Å²) in [6, 6.07) is 19.2. The summed E-state index contributed by atoms with van der Waals surface area (Å²) >= 11 is 6.35. The van der Waals surface area contributed by atoms with Gasteiger partial charge in [0.2, 0.25) is 11.8 Å². The molecule has 3 aromatic carbocycles. The van der Waals surface area contributed by atoms with E-state index in [-0.39, 0.29) is 23.0 Å². The highest BCUT2D eigenvalue weighted by Crippen LogP contribution is 2.31. The van der Waals surface area contributed by atoms with E-state index < -0.39 is 28.5 Å². The molecule has 0 bridgehead atoms. The number of amides is 2. The van der Waals surface area contributed by atoms with E-state index in [1.165, 1.54) is 17.0 Å². The summed E-state index contributed by atoms with van der Waals surface area (Å²) in [4.78, 5) is 28.5. The third-order valence-electron chi connectivity index (χ3n) is 6.37. The molecule has 10 heteroatoms. The van der Waals surface area contributed by atoms with Gasteiger partial charge in [-0.3, -0.25) is 13.9 Å². The standard InChI is InChI=1S/C29H34ClN3O5S/c1-5-26(29(35)31-6-2)32(19-22-15-17-23(38-4)18-16-22)28(34)20-33(27-14-10-13-25(30)21(27)3)39(36,37)24-11-8-7-9-12-24/h7-18,26H,5-6,19-20H2,1-4H3,(H,31,35)/t26-/m1/s1. The number of carbonyl (C=O) groups is 2. The number of ether oxygens (including phenoxy) is 1. The Hall–Kier alpha value is -3.56. The minimum absolute atomic E-state index is 0.0367. The molecule has 39 heavy (non-hydrogen) atoms. The molecule has 1 atom stereocenters. The topological polar surface area (TPSA) is 96.0 Å². The largest absolute Gasteiger partial charge is 0.497 e. The number of benzene rings is 3. The highest BCUT2D eigenvalue weighted by Gasteiger charge is 2.34. The van der Waals surface area contributed by atoms with Gasteiger partial charge in [0.1, 0.15) is 18.3 Å². The van der Waals surface area contributed by atoms with Crippen LogP contribution < -0.4 is 14.4 Å². The molecule has 2 amide bonds.